The summed E-state index contributed by atoms with van der Waals surface area (Å²) in [5.41, 5.74) is -0.686. The van der Waals surface area contributed by atoms with Gasteiger partial charge in [0, 0.05) is 22.8 Å². The number of benzene rings is 1. The van der Waals surface area contributed by atoms with Crippen molar-refractivity contribution in [3.63, 3.8) is 0 Å². The third-order valence-electron chi connectivity index (χ3n) is 2.45. The minimum Gasteiger partial charge on any atom is -0.316 e. The highest BCUT2D eigenvalue weighted by molar-refractivity contribution is 9.10. The molecule has 6 nitrogen and oxygen atoms in total. The molecule has 0 bridgehead atoms. The largest absolute Gasteiger partial charge is 0.316 e. The lowest BCUT2D eigenvalue weighted by atomic mass is 10.2. The Kier molecular flexibility index (Phi) is 4.49. The van der Waals surface area contributed by atoms with Crippen LogP contribution in [0.4, 0.5) is 15.8 Å². The summed E-state index contributed by atoms with van der Waals surface area (Å²) in [4.78, 5) is 26.0. The number of amides is 1. The summed E-state index contributed by atoms with van der Waals surface area (Å²) >= 11 is 8.92. The Bertz CT molecular complexity index is 742. The maximum atomic E-state index is 13.2. The van der Waals surface area contributed by atoms with Crippen LogP contribution in [0.15, 0.2) is 34.9 Å². The monoisotopic (exact) mass is 373 g/mol. The number of anilines is 1. The fourth-order valence-corrected chi connectivity index (χ4v) is 2.06. The van der Waals surface area contributed by atoms with Gasteiger partial charge < -0.3 is 5.32 Å². The van der Waals surface area contributed by atoms with Crippen molar-refractivity contribution < 1.29 is 14.1 Å². The molecule has 0 spiro atoms. The first kappa shape index (κ1) is 15.3. The van der Waals surface area contributed by atoms with Gasteiger partial charge in [0.05, 0.1) is 10.5 Å². The molecule has 2 aromatic rings. The van der Waals surface area contributed by atoms with E-state index in [9.17, 15) is 19.3 Å². The summed E-state index contributed by atoms with van der Waals surface area (Å²) in [5, 5.41) is 13.0. The zero-order valence-corrected chi connectivity index (χ0v) is 12.5. The Balaban J connectivity index is 2.38. The first-order chi connectivity index (χ1) is 9.88. The Hall–Kier alpha value is -2.06. The average molecular weight is 375 g/mol. The van der Waals surface area contributed by atoms with Crippen molar-refractivity contribution in [3.05, 3.63) is 61.6 Å². The topological polar surface area (TPSA) is 85.1 Å². The number of nitro benzene ring substituents is 1. The van der Waals surface area contributed by atoms with Gasteiger partial charge in [0.25, 0.3) is 11.6 Å². The van der Waals surface area contributed by atoms with Gasteiger partial charge in [-0.25, -0.2) is 9.37 Å². The van der Waals surface area contributed by atoms with Gasteiger partial charge in [-0.1, -0.05) is 11.6 Å². The number of carbonyl (C=O) groups excluding carboxylic acids is 1. The van der Waals surface area contributed by atoms with Gasteiger partial charge >= 0.3 is 0 Å². The normalized spacial score (nSPS) is 10.2. The molecule has 9 heteroatoms. The molecular weight excluding hydrogens is 369 g/mol. The molecule has 0 saturated carbocycles. The van der Waals surface area contributed by atoms with Gasteiger partial charge in [0.2, 0.25) is 0 Å². The van der Waals surface area contributed by atoms with Crippen molar-refractivity contribution in [1.29, 1.82) is 0 Å². The van der Waals surface area contributed by atoms with E-state index in [2.05, 4.69) is 26.2 Å². The standard InChI is InChI=1S/C12H6BrClFN3O3/c13-6-3-8(11(14)16-5-6)12(19)17-9-4-7(15)1-2-10(9)18(20)21/h1-5H,(H,17,19). The van der Waals surface area contributed by atoms with E-state index in [0.29, 0.717) is 4.47 Å². The number of hydrogen-bond acceptors (Lipinski definition) is 4. The first-order valence-electron chi connectivity index (χ1n) is 5.45. The molecule has 108 valence electrons. The lowest BCUT2D eigenvalue weighted by Crippen LogP contribution is -2.14. The van der Waals surface area contributed by atoms with Crippen molar-refractivity contribution in [2.24, 2.45) is 0 Å². The third kappa shape index (κ3) is 3.53. The molecule has 0 atom stereocenters. The van der Waals surface area contributed by atoms with Gasteiger partial charge in [-0.15, -0.1) is 0 Å². The Morgan fingerprint density at radius 3 is 2.81 bits per heavy atom. The molecule has 1 amide bonds. The van der Waals surface area contributed by atoms with Gasteiger partial charge in [-0.05, 0) is 28.1 Å². The van der Waals surface area contributed by atoms with E-state index in [0.717, 1.165) is 18.2 Å². The molecule has 1 heterocycles. The van der Waals surface area contributed by atoms with Gasteiger partial charge in [0.15, 0.2) is 0 Å². The van der Waals surface area contributed by atoms with E-state index in [4.69, 9.17) is 11.6 Å². The lowest BCUT2D eigenvalue weighted by molar-refractivity contribution is -0.384. The predicted molar refractivity (Wildman–Crippen MR) is 78.0 cm³/mol. The van der Waals surface area contributed by atoms with Crippen molar-refractivity contribution in [2.75, 3.05) is 5.32 Å². The molecule has 0 aliphatic rings. The van der Waals surface area contributed by atoms with Crippen LogP contribution in [0.1, 0.15) is 10.4 Å². The van der Waals surface area contributed by atoms with Gasteiger partial charge in [-0.3, -0.25) is 14.9 Å². The van der Waals surface area contributed by atoms with Crippen LogP contribution < -0.4 is 5.32 Å². The van der Waals surface area contributed by atoms with Gasteiger partial charge in [0.1, 0.15) is 16.7 Å². The number of aromatic nitrogens is 1. The molecule has 2 rings (SSSR count). The molecule has 0 radical (unpaired) electrons. The van der Waals surface area contributed by atoms with E-state index in [1.54, 1.807) is 0 Å². The molecule has 1 aromatic carbocycles. The minimum atomic E-state index is -0.734. The number of nitro groups is 1. The van der Waals surface area contributed by atoms with E-state index in [-0.39, 0.29) is 16.4 Å². The van der Waals surface area contributed by atoms with Crippen molar-refractivity contribution >= 4 is 44.8 Å². The van der Waals surface area contributed by atoms with E-state index in [1.165, 1.54) is 12.3 Å². The SMILES string of the molecule is O=C(Nc1cc(F)ccc1[N+](=O)[O-])c1cc(Br)cnc1Cl. The van der Waals surface area contributed by atoms with Crippen LogP contribution in [0.3, 0.4) is 0 Å². The highest BCUT2D eigenvalue weighted by Crippen LogP contribution is 2.26. The van der Waals surface area contributed by atoms with Gasteiger partial charge in [-0.2, -0.15) is 0 Å². The second kappa shape index (κ2) is 6.15. The van der Waals surface area contributed by atoms with Crippen molar-refractivity contribution in [1.82, 2.24) is 4.98 Å². The summed E-state index contributed by atoms with van der Waals surface area (Å²) in [5.74, 6) is -1.45. The van der Waals surface area contributed by atoms with E-state index >= 15 is 0 Å². The number of halogens is 3. The molecule has 21 heavy (non-hydrogen) atoms. The Labute approximate surface area is 131 Å². The number of nitrogens with one attached hydrogen (secondary N) is 1. The second-order valence-corrected chi connectivity index (χ2v) is 5.14. The molecular formula is C12H6BrClFN3O3. The summed E-state index contributed by atoms with van der Waals surface area (Å²) in [7, 11) is 0. The first-order valence-corrected chi connectivity index (χ1v) is 6.62. The highest BCUT2D eigenvalue weighted by Gasteiger charge is 2.19. The molecule has 0 unspecified atom stereocenters. The van der Waals surface area contributed by atoms with E-state index in [1.807, 2.05) is 0 Å². The third-order valence-corrected chi connectivity index (χ3v) is 3.19. The zero-order chi connectivity index (χ0) is 15.6. The number of hydrogen-bond donors (Lipinski definition) is 1. The number of rotatable bonds is 3. The van der Waals surface area contributed by atoms with Crippen LogP contribution in [-0.2, 0) is 0 Å². The summed E-state index contributed by atoms with van der Waals surface area (Å²) in [6.07, 6.45) is 1.39. The molecule has 1 N–H and O–H groups in total. The van der Waals surface area contributed by atoms with Crippen LogP contribution in [0.2, 0.25) is 5.15 Å². The van der Waals surface area contributed by atoms with Crippen LogP contribution >= 0.6 is 27.5 Å². The Morgan fingerprint density at radius 2 is 2.14 bits per heavy atom. The highest BCUT2D eigenvalue weighted by atomic mass is 79.9. The van der Waals surface area contributed by atoms with Crippen LogP contribution in [0.5, 0.6) is 0 Å². The molecule has 0 fully saturated rings. The van der Waals surface area contributed by atoms with Crippen molar-refractivity contribution in [2.45, 2.75) is 0 Å². The summed E-state index contributed by atoms with van der Waals surface area (Å²) in [6.45, 7) is 0. The smallest absolute Gasteiger partial charge is 0.292 e. The maximum Gasteiger partial charge on any atom is 0.292 e. The summed E-state index contributed by atoms with van der Waals surface area (Å²) in [6, 6.07) is 4.15. The number of carbonyl (C=O) groups is 1. The average Bonchev–Trinajstić information content (AvgIpc) is 2.41. The van der Waals surface area contributed by atoms with Crippen LogP contribution in [0, 0.1) is 15.9 Å². The van der Waals surface area contributed by atoms with E-state index < -0.39 is 22.3 Å². The quantitative estimate of drug-likeness (QED) is 0.503. The predicted octanol–water partition coefficient (Wildman–Crippen LogP) is 3.80. The fraction of sp³-hybridized carbons (Fsp3) is 0. The second-order valence-electron chi connectivity index (χ2n) is 3.86. The zero-order valence-electron chi connectivity index (χ0n) is 10.1. The number of pyridine rings is 1. The fourth-order valence-electron chi connectivity index (χ4n) is 1.54. The van der Waals surface area contributed by atoms with Crippen molar-refractivity contribution in [3.8, 4) is 0 Å². The molecule has 1 aromatic heterocycles. The Morgan fingerprint density at radius 1 is 1.43 bits per heavy atom. The lowest BCUT2D eigenvalue weighted by Gasteiger charge is -2.07. The van der Waals surface area contributed by atoms with Crippen LogP contribution in [0.25, 0.3) is 0 Å². The maximum absolute atomic E-state index is 13.2. The number of nitrogens with zero attached hydrogens (tertiary/aromatic N) is 2. The van der Waals surface area contributed by atoms with Crippen LogP contribution in [-0.4, -0.2) is 15.8 Å². The summed E-state index contributed by atoms with van der Waals surface area (Å²) < 4.78 is 13.7. The molecule has 0 aliphatic heterocycles. The molecule has 0 aliphatic carbocycles. The minimum absolute atomic E-state index is 0.00426. The molecule has 0 saturated heterocycles.